The summed E-state index contributed by atoms with van der Waals surface area (Å²) < 4.78 is 40.8. The van der Waals surface area contributed by atoms with Crippen LogP contribution in [-0.4, -0.2) is 36.7 Å². The second-order valence-electron chi connectivity index (χ2n) is 6.64. The molecule has 1 aromatic heterocycles. The van der Waals surface area contributed by atoms with Crippen molar-refractivity contribution in [3.63, 3.8) is 0 Å². The number of carbonyl (C=O) groups is 1. The summed E-state index contributed by atoms with van der Waals surface area (Å²) in [5.41, 5.74) is 1.18. The highest BCUT2D eigenvalue weighted by Crippen LogP contribution is 2.30. The third-order valence-electron chi connectivity index (χ3n) is 4.57. The van der Waals surface area contributed by atoms with Crippen LogP contribution in [0.4, 0.5) is 9.52 Å². The lowest BCUT2D eigenvalue weighted by atomic mass is 10.2. The summed E-state index contributed by atoms with van der Waals surface area (Å²) in [7, 11) is -3.50. The van der Waals surface area contributed by atoms with Crippen LogP contribution in [0, 0.1) is 5.82 Å². The highest BCUT2D eigenvalue weighted by atomic mass is 32.2. The van der Waals surface area contributed by atoms with Crippen molar-refractivity contribution in [3.05, 3.63) is 59.9 Å². The Morgan fingerprint density at radius 2 is 1.97 bits per heavy atom. The van der Waals surface area contributed by atoms with E-state index in [0.29, 0.717) is 34.0 Å². The van der Waals surface area contributed by atoms with Crippen molar-refractivity contribution in [2.75, 3.05) is 18.4 Å². The molecule has 29 heavy (non-hydrogen) atoms. The Bertz CT molecular complexity index is 1200. The summed E-state index contributed by atoms with van der Waals surface area (Å²) in [5.74, 6) is -0.781. The molecule has 1 amide bonds. The van der Waals surface area contributed by atoms with Gasteiger partial charge in [-0.2, -0.15) is 4.31 Å². The van der Waals surface area contributed by atoms with Gasteiger partial charge in [-0.25, -0.2) is 17.8 Å². The average Bonchev–Trinajstić information content (AvgIpc) is 3.35. The number of nitrogens with zero attached hydrogens (tertiary/aromatic N) is 2. The lowest BCUT2D eigenvalue weighted by molar-refractivity contribution is -0.111. The highest BCUT2D eigenvalue weighted by molar-refractivity contribution is 7.89. The molecule has 0 aliphatic carbocycles. The first-order valence-corrected chi connectivity index (χ1v) is 11.3. The summed E-state index contributed by atoms with van der Waals surface area (Å²) in [6.45, 7) is 1.09. The molecule has 3 aromatic rings. The number of hydrogen-bond acceptors (Lipinski definition) is 5. The van der Waals surface area contributed by atoms with Crippen LogP contribution in [0.1, 0.15) is 18.4 Å². The molecule has 9 heteroatoms. The zero-order valence-corrected chi connectivity index (χ0v) is 17.0. The average molecular weight is 432 g/mol. The Morgan fingerprint density at radius 1 is 1.17 bits per heavy atom. The van der Waals surface area contributed by atoms with Gasteiger partial charge in [-0.05, 0) is 54.8 Å². The maximum absolute atomic E-state index is 13.2. The Kier molecular flexibility index (Phi) is 5.44. The van der Waals surface area contributed by atoms with E-state index in [0.717, 1.165) is 12.8 Å². The SMILES string of the molecule is O=C(/C=C/c1cccc(F)c1)Nc1nc2ccc(S(=O)(=O)N3CCCC3)cc2s1. The maximum atomic E-state index is 13.2. The molecule has 150 valence electrons. The van der Waals surface area contributed by atoms with Gasteiger partial charge in [0.1, 0.15) is 5.82 Å². The number of rotatable bonds is 5. The lowest BCUT2D eigenvalue weighted by Crippen LogP contribution is -2.27. The fourth-order valence-corrected chi connectivity index (χ4v) is 5.65. The number of thiazole rings is 1. The molecule has 0 unspecified atom stereocenters. The van der Waals surface area contributed by atoms with Crippen LogP contribution in [-0.2, 0) is 14.8 Å². The van der Waals surface area contributed by atoms with Crippen LogP contribution in [0.15, 0.2) is 53.4 Å². The predicted octanol–water partition coefficient (Wildman–Crippen LogP) is 3.87. The van der Waals surface area contributed by atoms with E-state index in [1.165, 1.54) is 39.9 Å². The number of aromatic nitrogens is 1. The number of carbonyl (C=O) groups excluding carboxylic acids is 1. The van der Waals surface area contributed by atoms with Crippen molar-refractivity contribution in [1.82, 2.24) is 9.29 Å². The fraction of sp³-hybridized carbons (Fsp3) is 0.200. The van der Waals surface area contributed by atoms with Crippen molar-refractivity contribution in [2.24, 2.45) is 0 Å². The minimum atomic E-state index is -3.50. The molecule has 4 rings (SSSR count). The van der Waals surface area contributed by atoms with Crippen LogP contribution >= 0.6 is 11.3 Å². The summed E-state index contributed by atoms with van der Waals surface area (Å²) >= 11 is 1.20. The van der Waals surface area contributed by atoms with Crippen molar-refractivity contribution >= 4 is 48.7 Å². The molecule has 0 atom stereocenters. The van der Waals surface area contributed by atoms with Gasteiger partial charge >= 0.3 is 0 Å². The van der Waals surface area contributed by atoms with Crippen molar-refractivity contribution in [2.45, 2.75) is 17.7 Å². The Hall–Kier alpha value is -2.62. The molecule has 1 aliphatic rings. The molecule has 2 heterocycles. The maximum Gasteiger partial charge on any atom is 0.250 e. The van der Waals surface area contributed by atoms with Gasteiger partial charge in [0, 0.05) is 19.2 Å². The standard InChI is InChI=1S/C20H18FN3O3S2/c21-15-5-3-4-14(12-15)6-9-19(25)23-20-22-17-8-7-16(13-18(17)28-20)29(26,27)24-10-1-2-11-24/h3-9,12-13H,1-2,10-11H2,(H,22,23,25)/b9-6+. The molecular formula is C20H18FN3O3S2. The zero-order chi connectivity index (χ0) is 20.4. The van der Waals surface area contributed by atoms with Gasteiger partial charge in [0.2, 0.25) is 15.9 Å². The number of fused-ring (bicyclic) bond motifs is 1. The van der Waals surface area contributed by atoms with E-state index in [1.54, 1.807) is 30.3 Å². The number of nitrogens with one attached hydrogen (secondary N) is 1. The van der Waals surface area contributed by atoms with E-state index in [9.17, 15) is 17.6 Å². The molecule has 1 N–H and O–H groups in total. The fourth-order valence-electron chi connectivity index (χ4n) is 3.13. The molecule has 0 spiro atoms. The zero-order valence-electron chi connectivity index (χ0n) is 15.3. The smallest absolute Gasteiger partial charge is 0.250 e. The van der Waals surface area contributed by atoms with E-state index >= 15 is 0 Å². The van der Waals surface area contributed by atoms with Crippen LogP contribution in [0.3, 0.4) is 0 Å². The summed E-state index contributed by atoms with van der Waals surface area (Å²) in [6.07, 6.45) is 4.55. The summed E-state index contributed by atoms with van der Waals surface area (Å²) in [5, 5.41) is 3.02. The minimum absolute atomic E-state index is 0.236. The largest absolute Gasteiger partial charge is 0.298 e. The van der Waals surface area contributed by atoms with E-state index < -0.39 is 15.9 Å². The molecular weight excluding hydrogens is 413 g/mol. The number of amides is 1. The van der Waals surface area contributed by atoms with E-state index in [4.69, 9.17) is 0 Å². The molecule has 1 aliphatic heterocycles. The van der Waals surface area contributed by atoms with Gasteiger partial charge in [0.25, 0.3) is 0 Å². The molecule has 2 aromatic carbocycles. The number of anilines is 1. The Morgan fingerprint density at radius 3 is 2.72 bits per heavy atom. The molecule has 0 bridgehead atoms. The topological polar surface area (TPSA) is 79.4 Å². The third-order valence-corrected chi connectivity index (χ3v) is 7.40. The lowest BCUT2D eigenvalue weighted by Gasteiger charge is -2.15. The van der Waals surface area contributed by atoms with Gasteiger partial charge < -0.3 is 0 Å². The third kappa shape index (κ3) is 4.36. The van der Waals surface area contributed by atoms with Crippen LogP contribution in [0.5, 0.6) is 0 Å². The Labute approximate surface area is 171 Å². The molecule has 0 radical (unpaired) electrons. The quantitative estimate of drug-likeness (QED) is 0.622. The van der Waals surface area contributed by atoms with E-state index in [2.05, 4.69) is 10.3 Å². The first kappa shape index (κ1) is 19.7. The normalized spacial score (nSPS) is 15.3. The highest BCUT2D eigenvalue weighted by Gasteiger charge is 2.27. The summed E-state index contributed by atoms with van der Waals surface area (Å²) in [4.78, 5) is 16.7. The monoisotopic (exact) mass is 431 g/mol. The molecule has 1 saturated heterocycles. The number of sulfonamides is 1. The van der Waals surface area contributed by atoms with Crippen LogP contribution in [0.25, 0.3) is 16.3 Å². The second kappa shape index (κ2) is 8.02. The predicted molar refractivity (Wildman–Crippen MR) is 112 cm³/mol. The van der Waals surface area contributed by atoms with Crippen molar-refractivity contribution in [1.29, 1.82) is 0 Å². The minimum Gasteiger partial charge on any atom is -0.298 e. The number of hydrogen-bond donors (Lipinski definition) is 1. The van der Waals surface area contributed by atoms with Gasteiger partial charge in [0.05, 0.1) is 15.1 Å². The van der Waals surface area contributed by atoms with Gasteiger partial charge in [-0.1, -0.05) is 23.5 Å². The van der Waals surface area contributed by atoms with Gasteiger partial charge in [-0.15, -0.1) is 0 Å². The van der Waals surface area contributed by atoms with Crippen molar-refractivity contribution < 1.29 is 17.6 Å². The number of benzene rings is 2. The Balaban J connectivity index is 1.51. The summed E-state index contributed by atoms with van der Waals surface area (Å²) in [6, 6.07) is 10.7. The molecule has 0 saturated carbocycles. The second-order valence-corrected chi connectivity index (χ2v) is 9.61. The van der Waals surface area contributed by atoms with E-state index in [-0.39, 0.29) is 10.7 Å². The van der Waals surface area contributed by atoms with E-state index in [1.807, 2.05) is 0 Å². The number of halogens is 1. The van der Waals surface area contributed by atoms with Crippen LogP contribution < -0.4 is 5.32 Å². The molecule has 6 nitrogen and oxygen atoms in total. The van der Waals surface area contributed by atoms with Crippen molar-refractivity contribution in [3.8, 4) is 0 Å². The first-order chi connectivity index (χ1) is 13.9. The van der Waals surface area contributed by atoms with Gasteiger partial charge in [-0.3, -0.25) is 10.1 Å². The first-order valence-electron chi connectivity index (χ1n) is 9.07. The van der Waals surface area contributed by atoms with Gasteiger partial charge in [0.15, 0.2) is 5.13 Å². The molecule has 1 fully saturated rings. The van der Waals surface area contributed by atoms with Crippen LogP contribution in [0.2, 0.25) is 0 Å².